The summed E-state index contributed by atoms with van der Waals surface area (Å²) in [7, 11) is 0. The van der Waals surface area contributed by atoms with Gasteiger partial charge in [-0.05, 0) is 42.5 Å². The SMILES string of the molecule is Cc1cc(Cl)cc(C2CC2C(=O)N=C(N)N)c1. The largest absolute Gasteiger partial charge is 0.370 e. The number of guanidine groups is 1. The Bertz CT molecular complexity index is 474. The molecule has 0 bridgehead atoms. The van der Waals surface area contributed by atoms with Gasteiger partial charge >= 0.3 is 0 Å². The van der Waals surface area contributed by atoms with Crippen LogP contribution in [0.25, 0.3) is 0 Å². The smallest absolute Gasteiger partial charge is 0.252 e. The second-order valence-corrected chi connectivity index (χ2v) is 4.82. The van der Waals surface area contributed by atoms with Gasteiger partial charge < -0.3 is 11.5 Å². The van der Waals surface area contributed by atoms with Crippen molar-refractivity contribution in [2.24, 2.45) is 22.4 Å². The van der Waals surface area contributed by atoms with Gasteiger partial charge in [0, 0.05) is 10.9 Å². The van der Waals surface area contributed by atoms with Crippen molar-refractivity contribution in [2.75, 3.05) is 0 Å². The van der Waals surface area contributed by atoms with Crippen molar-refractivity contribution < 1.29 is 4.79 Å². The van der Waals surface area contributed by atoms with Crippen LogP contribution in [0.15, 0.2) is 23.2 Å². The van der Waals surface area contributed by atoms with E-state index in [1.165, 1.54) is 0 Å². The van der Waals surface area contributed by atoms with Crippen molar-refractivity contribution >= 4 is 23.5 Å². The van der Waals surface area contributed by atoms with Crippen molar-refractivity contribution in [1.29, 1.82) is 0 Å². The maximum atomic E-state index is 11.6. The summed E-state index contributed by atoms with van der Waals surface area (Å²) in [6.45, 7) is 1.98. The predicted octanol–water partition coefficient (Wildman–Crippen LogP) is 1.55. The summed E-state index contributed by atoms with van der Waals surface area (Å²) >= 11 is 5.98. The number of carbonyl (C=O) groups is 1. The Labute approximate surface area is 105 Å². The molecule has 2 rings (SSSR count). The maximum absolute atomic E-state index is 11.6. The quantitative estimate of drug-likeness (QED) is 0.618. The highest BCUT2D eigenvalue weighted by Crippen LogP contribution is 2.48. The first-order valence-corrected chi connectivity index (χ1v) is 5.75. The number of nitrogens with zero attached hydrogens (tertiary/aromatic N) is 1. The minimum absolute atomic E-state index is 0.102. The summed E-state index contributed by atoms with van der Waals surface area (Å²) in [5.41, 5.74) is 12.5. The molecule has 0 saturated heterocycles. The monoisotopic (exact) mass is 251 g/mol. The van der Waals surface area contributed by atoms with Gasteiger partial charge in [0.05, 0.1) is 0 Å². The van der Waals surface area contributed by atoms with Crippen molar-refractivity contribution in [1.82, 2.24) is 0 Å². The first kappa shape index (κ1) is 11.9. The van der Waals surface area contributed by atoms with Gasteiger partial charge in [-0.1, -0.05) is 17.7 Å². The molecule has 4 nitrogen and oxygen atoms in total. The minimum Gasteiger partial charge on any atom is -0.370 e. The molecule has 17 heavy (non-hydrogen) atoms. The number of carbonyl (C=O) groups excluding carboxylic acids is 1. The number of aliphatic imine (C=N–C) groups is 1. The van der Waals surface area contributed by atoms with E-state index in [4.69, 9.17) is 23.1 Å². The minimum atomic E-state index is -0.243. The lowest BCUT2D eigenvalue weighted by atomic mass is 10.1. The van der Waals surface area contributed by atoms with Crippen LogP contribution in [0.3, 0.4) is 0 Å². The van der Waals surface area contributed by atoms with Gasteiger partial charge in [-0.2, -0.15) is 4.99 Å². The van der Waals surface area contributed by atoms with Crippen LogP contribution >= 0.6 is 11.6 Å². The van der Waals surface area contributed by atoms with Crippen molar-refractivity contribution in [3.05, 3.63) is 34.3 Å². The van der Waals surface area contributed by atoms with Crippen LogP contribution in [0.2, 0.25) is 5.02 Å². The number of hydrogen-bond donors (Lipinski definition) is 2. The Morgan fingerprint density at radius 2 is 2.12 bits per heavy atom. The molecule has 4 N–H and O–H groups in total. The Morgan fingerprint density at radius 3 is 2.71 bits per heavy atom. The van der Waals surface area contributed by atoms with Gasteiger partial charge in [-0.3, -0.25) is 4.79 Å². The summed E-state index contributed by atoms with van der Waals surface area (Å²) in [6, 6.07) is 5.82. The average Bonchev–Trinajstić information content (AvgIpc) is 2.93. The van der Waals surface area contributed by atoms with E-state index in [9.17, 15) is 4.79 Å². The third-order valence-corrected chi connectivity index (χ3v) is 3.06. The molecule has 1 aliphatic carbocycles. The zero-order valence-corrected chi connectivity index (χ0v) is 10.2. The van der Waals surface area contributed by atoms with Crippen LogP contribution in [0.1, 0.15) is 23.5 Å². The van der Waals surface area contributed by atoms with Gasteiger partial charge in [0.25, 0.3) is 5.91 Å². The summed E-state index contributed by atoms with van der Waals surface area (Å²) in [5.74, 6) is -0.325. The zero-order chi connectivity index (χ0) is 12.6. The Kier molecular flexibility index (Phi) is 3.07. The number of aryl methyl sites for hydroxylation is 1. The maximum Gasteiger partial charge on any atom is 0.252 e. The van der Waals surface area contributed by atoms with Crippen molar-refractivity contribution in [3.8, 4) is 0 Å². The van der Waals surface area contributed by atoms with Crippen LogP contribution in [0, 0.1) is 12.8 Å². The molecule has 0 heterocycles. The highest BCUT2D eigenvalue weighted by atomic mass is 35.5. The molecule has 0 aliphatic heterocycles. The van der Waals surface area contributed by atoms with E-state index in [2.05, 4.69) is 4.99 Å². The molecule has 5 heteroatoms. The second-order valence-electron chi connectivity index (χ2n) is 4.39. The normalized spacial score (nSPS) is 22.0. The van der Waals surface area contributed by atoms with Crippen LogP contribution in [0.4, 0.5) is 0 Å². The van der Waals surface area contributed by atoms with Gasteiger partial charge in [0.15, 0.2) is 5.96 Å². The van der Waals surface area contributed by atoms with Crippen molar-refractivity contribution in [3.63, 3.8) is 0 Å². The standard InChI is InChI=1S/C12H14ClN3O/c1-6-2-7(4-8(13)3-6)9-5-10(9)11(17)16-12(14)15/h2-4,9-10H,5H2,1H3,(H4,14,15,16,17). The third-order valence-electron chi connectivity index (χ3n) is 2.84. The highest BCUT2D eigenvalue weighted by Gasteiger charge is 2.44. The lowest BCUT2D eigenvalue weighted by Gasteiger charge is -2.02. The molecule has 0 spiro atoms. The molecule has 1 amide bonds. The molecule has 1 aromatic rings. The van der Waals surface area contributed by atoms with Gasteiger partial charge in [-0.15, -0.1) is 0 Å². The van der Waals surface area contributed by atoms with E-state index in [0.717, 1.165) is 17.5 Å². The Hall–Kier alpha value is -1.55. The van der Waals surface area contributed by atoms with E-state index >= 15 is 0 Å². The third kappa shape index (κ3) is 2.77. The Morgan fingerprint density at radius 1 is 1.41 bits per heavy atom. The van der Waals surface area contributed by atoms with Crippen molar-refractivity contribution in [2.45, 2.75) is 19.3 Å². The van der Waals surface area contributed by atoms with E-state index in [0.29, 0.717) is 5.02 Å². The molecule has 1 fully saturated rings. The summed E-state index contributed by atoms with van der Waals surface area (Å²) in [4.78, 5) is 15.1. The summed E-state index contributed by atoms with van der Waals surface area (Å²) < 4.78 is 0. The zero-order valence-electron chi connectivity index (χ0n) is 9.48. The molecule has 2 unspecified atom stereocenters. The fourth-order valence-corrected chi connectivity index (χ4v) is 2.32. The molecule has 0 radical (unpaired) electrons. The van der Waals surface area contributed by atoms with Crippen LogP contribution in [-0.2, 0) is 4.79 Å². The van der Waals surface area contributed by atoms with E-state index in [1.54, 1.807) is 0 Å². The number of rotatable bonds is 2. The second kappa shape index (κ2) is 4.37. The number of nitrogens with two attached hydrogens (primary N) is 2. The predicted molar refractivity (Wildman–Crippen MR) is 67.9 cm³/mol. The van der Waals surface area contributed by atoms with E-state index < -0.39 is 0 Å². The molecule has 1 aliphatic rings. The lowest BCUT2D eigenvalue weighted by Crippen LogP contribution is -2.24. The average molecular weight is 252 g/mol. The number of hydrogen-bond acceptors (Lipinski definition) is 1. The van der Waals surface area contributed by atoms with Gasteiger partial charge in [0.1, 0.15) is 0 Å². The van der Waals surface area contributed by atoms with Crippen LogP contribution in [-0.4, -0.2) is 11.9 Å². The molecule has 1 aromatic carbocycles. The van der Waals surface area contributed by atoms with Crippen LogP contribution < -0.4 is 11.5 Å². The highest BCUT2D eigenvalue weighted by molar-refractivity contribution is 6.30. The topological polar surface area (TPSA) is 81.5 Å². The summed E-state index contributed by atoms with van der Waals surface area (Å²) in [6.07, 6.45) is 0.787. The fraction of sp³-hybridized carbons (Fsp3) is 0.333. The number of halogens is 1. The van der Waals surface area contributed by atoms with Gasteiger partial charge in [-0.25, -0.2) is 0 Å². The lowest BCUT2D eigenvalue weighted by molar-refractivity contribution is -0.119. The summed E-state index contributed by atoms with van der Waals surface area (Å²) in [5, 5.41) is 0.694. The van der Waals surface area contributed by atoms with Crippen LogP contribution in [0.5, 0.6) is 0 Å². The van der Waals surface area contributed by atoms with E-state index in [1.807, 2.05) is 25.1 Å². The molecule has 2 atom stereocenters. The molecule has 1 saturated carbocycles. The molecular weight excluding hydrogens is 238 g/mol. The first-order chi connectivity index (χ1) is 7.97. The number of benzene rings is 1. The van der Waals surface area contributed by atoms with Gasteiger partial charge in [0.2, 0.25) is 0 Å². The fourth-order valence-electron chi connectivity index (χ4n) is 2.03. The Balaban J connectivity index is 2.13. The molecular formula is C12H14ClN3O. The van der Waals surface area contributed by atoms with E-state index in [-0.39, 0.29) is 23.7 Å². The number of amides is 1. The molecule has 90 valence electrons. The molecule has 0 aromatic heterocycles. The first-order valence-electron chi connectivity index (χ1n) is 5.38.